The average molecular weight is 461 g/mol. The van der Waals surface area contributed by atoms with Crippen LogP contribution in [0.5, 0.6) is 0 Å². The number of hydrogen-bond acceptors (Lipinski definition) is 6. The zero-order valence-corrected chi connectivity index (χ0v) is 18.5. The van der Waals surface area contributed by atoms with Gasteiger partial charge in [-0.15, -0.1) is 0 Å². The van der Waals surface area contributed by atoms with Crippen molar-refractivity contribution in [2.45, 2.75) is 30.8 Å². The number of nitrogens with one attached hydrogen (secondary N) is 1. The lowest BCUT2D eigenvalue weighted by atomic mass is 10.1. The summed E-state index contributed by atoms with van der Waals surface area (Å²) in [5, 5.41) is 0.301. The van der Waals surface area contributed by atoms with Crippen LogP contribution >= 0.6 is 11.6 Å². The number of aromatic nitrogens is 2. The fourth-order valence-electron chi connectivity index (χ4n) is 3.71. The van der Waals surface area contributed by atoms with Crippen molar-refractivity contribution in [1.82, 2.24) is 14.9 Å². The van der Waals surface area contributed by atoms with Gasteiger partial charge in [0.25, 0.3) is 15.9 Å². The zero-order valence-electron chi connectivity index (χ0n) is 16.9. The van der Waals surface area contributed by atoms with Gasteiger partial charge in [0, 0.05) is 17.4 Å². The van der Waals surface area contributed by atoms with Crippen molar-refractivity contribution in [2.75, 3.05) is 17.9 Å². The van der Waals surface area contributed by atoms with Crippen LogP contribution in [0.1, 0.15) is 24.2 Å². The highest BCUT2D eigenvalue weighted by molar-refractivity contribution is 7.93. The van der Waals surface area contributed by atoms with Gasteiger partial charge in [0.05, 0.1) is 42.1 Å². The van der Waals surface area contributed by atoms with Gasteiger partial charge in [-0.25, -0.2) is 8.42 Å². The Morgan fingerprint density at radius 2 is 1.84 bits per heavy atom. The summed E-state index contributed by atoms with van der Waals surface area (Å²) >= 11 is 6.13. The van der Waals surface area contributed by atoms with Crippen molar-refractivity contribution < 1.29 is 17.9 Å². The Labute approximate surface area is 185 Å². The third-order valence-corrected chi connectivity index (χ3v) is 6.74. The van der Waals surface area contributed by atoms with Crippen molar-refractivity contribution in [3.63, 3.8) is 0 Å². The number of fused-ring (bicyclic) bond motifs is 1. The van der Waals surface area contributed by atoms with E-state index in [-0.39, 0.29) is 39.7 Å². The van der Waals surface area contributed by atoms with Crippen molar-refractivity contribution in [3.8, 4) is 0 Å². The standard InChI is InChI=1S/C21H21ClN4O4S/c1-13-11-30-12-14(2)26(13)21(27)16-7-6-15(22)10-18(16)25-31(28,29)19-5-3-4-17-20(19)24-9-8-23-17/h3-10,13-14,25H,11-12H2,1-2H3/t13-,14-/m0/s1. The Hall–Kier alpha value is -2.75. The molecule has 0 unspecified atom stereocenters. The number of nitrogens with zero attached hydrogens (tertiary/aromatic N) is 3. The second-order valence-corrected chi connectivity index (χ2v) is 9.51. The van der Waals surface area contributed by atoms with Crippen molar-refractivity contribution in [3.05, 3.63) is 59.4 Å². The first-order chi connectivity index (χ1) is 14.8. The van der Waals surface area contributed by atoms with Gasteiger partial charge in [-0.3, -0.25) is 19.5 Å². The van der Waals surface area contributed by atoms with E-state index >= 15 is 0 Å². The molecule has 0 radical (unpaired) electrons. The number of sulfonamides is 1. The van der Waals surface area contributed by atoms with Crippen LogP contribution in [0, 0.1) is 0 Å². The second kappa shape index (κ2) is 8.41. The van der Waals surface area contributed by atoms with Crippen LogP contribution in [0.15, 0.2) is 53.7 Å². The van der Waals surface area contributed by atoms with Crippen molar-refractivity contribution >= 4 is 44.3 Å². The number of ether oxygens (including phenoxy) is 1. The van der Waals surface area contributed by atoms with Gasteiger partial charge < -0.3 is 9.64 Å². The SMILES string of the molecule is C[C@H]1COC[C@H](C)N1C(=O)c1ccc(Cl)cc1NS(=O)(=O)c1cccc2nccnc12. The van der Waals surface area contributed by atoms with Gasteiger partial charge >= 0.3 is 0 Å². The largest absolute Gasteiger partial charge is 0.377 e. The van der Waals surface area contributed by atoms with E-state index in [0.29, 0.717) is 23.8 Å². The number of benzene rings is 2. The Kier molecular flexibility index (Phi) is 5.83. The topological polar surface area (TPSA) is 101 Å². The third-order valence-electron chi connectivity index (χ3n) is 5.11. The van der Waals surface area contributed by atoms with E-state index in [2.05, 4.69) is 14.7 Å². The summed E-state index contributed by atoms with van der Waals surface area (Å²) in [5.74, 6) is -0.296. The highest BCUT2D eigenvalue weighted by Crippen LogP contribution is 2.29. The molecule has 3 aromatic rings. The van der Waals surface area contributed by atoms with Gasteiger partial charge in [-0.2, -0.15) is 0 Å². The molecule has 8 nitrogen and oxygen atoms in total. The summed E-state index contributed by atoms with van der Waals surface area (Å²) in [6.07, 6.45) is 2.92. The Balaban J connectivity index is 1.75. The predicted octanol–water partition coefficient (Wildman–Crippen LogP) is 3.33. The maximum Gasteiger partial charge on any atom is 0.264 e. The maximum absolute atomic E-state index is 13.4. The molecule has 1 aliphatic rings. The molecule has 1 aromatic heterocycles. The van der Waals surface area contributed by atoms with Crippen molar-refractivity contribution in [2.24, 2.45) is 0 Å². The lowest BCUT2D eigenvalue weighted by Crippen LogP contribution is -2.52. The van der Waals surface area contributed by atoms with Crippen molar-refractivity contribution in [1.29, 1.82) is 0 Å². The molecule has 31 heavy (non-hydrogen) atoms. The van der Waals surface area contributed by atoms with Crippen LogP contribution in [0.25, 0.3) is 11.0 Å². The number of carbonyl (C=O) groups is 1. The van der Waals surface area contributed by atoms with Crippen LogP contribution in [-0.4, -0.2) is 54.5 Å². The number of morpholine rings is 1. The third kappa shape index (κ3) is 4.21. The first kappa shape index (κ1) is 21.5. The maximum atomic E-state index is 13.4. The smallest absolute Gasteiger partial charge is 0.264 e. The molecule has 2 atom stereocenters. The minimum atomic E-state index is -4.08. The molecule has 1 N–H and O–H groups in total. The molecule has 2 aromatic carbocycles. The van der Waals surface area contributed by atoms with Gasteiger partial charge in [-0.1, -0.05) is 17.7 Å². The molecule has 0 aliphatic carbocycles. The quantitative estimate of drug-likeness (QED) is 0.640. The predicted molar refractivity (Wildman–Crippen MR) is 118 cm³/mol. The van der Waals surface area contributed by atoms with Gasteiger partial charge in [0.15, 0.2) is 0 Å². The normalized spacial score (nSPS) is 19.4. The molecule has 10 heteroatoms. The van der Waals surface area contributed by atoms with E-state index in [4.69, 9.17) is 16.3 Å². The van der Waals surface area contributed by atoms with Crippen LogP contribution in [0.3, 0.4) is 0 Å². The number of anilines is 1. The van der Waals surface area contributed by atoms with Gasteiger partial charge in [0.2, 0.25) is 0 Å². The van der Waals surface area contributed by atoms with Gasteiger partial charge in [-0.05, 0) is 44.2 Å². The summed E-state index contributed by atoms with van der Waals surface area (Å²) in [6.45, 7) is 4.61. The highest BCUT2D eigenvalue weighted by atomic mass is 35.5. The fraction of sp³-hybridized carbons (Fsp3) is 0.286. The summed E-state index contributed by atoms with van der Waals surface area (Å²) in [4.78, 5) is 23.3. The lowest BCUT2D eigenvalue weighted by Gasteiger charge is -2.39. The summed E-state index contributed by atoms with van der Waals surface area (Å²) < 4.78 is 34.5. The molecular formula is C21H21ClN4O4S. The average Bonchev–Trinajstić information content (AvgIpc) is 2.73. The van der Waals surface area contributed by atoms with Gasteiger partial charge in [0.1, 0.15) is 10.4 Å². The molecule has 162 valence electrons. The first-order valence-electron chi connectivity index (χ1n) is 9.70. The Morgan fingerprint density at radius 3 is 2.58 bits per heavy atom. The molecule has 1 saturated heterocycles. The van der Waals surface area contributed by atoms with Crippen LogP contribution in [-0.2, 0) is 14.8 Å². The summed E-state index contributed by atoms with van der Waals surface area (Å²) in [5.41, 5.74) is 0.996. The van der Waals surface area contributed by atoms with Crippen LogP contribution in [0.2, 0.25) is 5.02 Å². The molecule has 1 fully saturated rings. The summed E-state index contributed by atoms with van der Waals surface area (Å²) in [6, 6.07) is 8.93. The minimum absolute atomic E-state index is 0.0374. The monoisotopic (exact) mass is 460 g/mol. The molecule has 0 spiro atoms. The lowest BCUT2D eigenvalue weighted by molar-refractivity contribution is -0.0249. The molecule has 1 aliphatic heterocycles. The minimum Gasteiger partial charge on any atom is -0.377 e. The number of carbonyl (C=O) groups excluding carboxylic acids is 1. The molecule has 2 heterocycles. The van der Waals surface area contributed by atoms with E-state index in [1.807, 2.05) is 13.8 Å². The molecular weight excluding hydrogens is 440 g/mol. The first-order valence-corrected chi connectivity index (χ1v) is 11.6. The Morgan fingerprint density at radius 1 is 1.13 bits per heavy atom. The number of para-hydroxylation sites is 1. The number of rotatable bonds is 4. The summed E-state index contributed by atoms with van der Waals surface area (Å²) in [7, 11) is -4.08. The number of amides is 1. The van der Waals surface area contributed by atoms with E-state index < -0.39 is 10.0 Å². The molecule has 4 rings (SSSR count). The Bertz CT molecular complexity index is 1240. The van der Waals surface area contributed by atoms with Crippen LogP contribution < -0.4 is 4.72 Å². The number of hydrogen-bond donors (Lipinski definition) is 1. The van der Waals surface area contributed by atoms with E-state index in [9.17, 15) is 13.2 Å². The molecule has 0 bridgehead atoms. The van der Waals surface area contributed by atoms with E-state index in [1.54, 1.807) is 23.1 Å². The van der Waals surface area contributed by atoms with E-state index in [1.165, 1.54) is 30.6 Å². The molecule has 1 amide bonds. The highest BCUT2D eigenvalue weighted by Gasteiger charge is 2.32. The second-order valence-electron chi connectivity index (χ2n) is 7.42. The number of halogens is 1. The molecule has 0 saturated carbocycles. The van der Waals surface area contributed by atoms with Crippen LogP contribution in [0.4, 0.5) is 5.69 Å². The van der Waals surface area contributed by atoms with E-state index in [0.717, 1.165) is 0 Å². The zero-order chi connectivity index (χ0) is 22.2. The fourth-order valence-corrected chi connectivity index (χ4v) is 5.12.